The topological polar surface area (TPSA) is 58.6 Å². The molecule has 2 aromatic carbocycles. The van der Waals surface area contributed by atoms with Crippen LogP contribution in [0.2, 0.25) is 0 Å². The molecular weight excluding hydrogens is 432 g/mol. The quantitative estimate of drug-likeness (QED) is 0.498. The molecule has 2 aromatic rings. The van der Waals surface area contributed by atoms with E-state index in [1.165, 1.54) is 11.1 Å². The van der Waals surface area contributed by atoms with Gasteiger partial charge in [0.2, 0.25) is 11.8 Å². The number of carbonyl (C=O) groups excluding carboxylic acids is 2. The van der Waals surface area contributed by atoms with Crippen LogP contribution in [0, 0.1) is 6.92 Å². The fourth-order valence-corrected chi connectivity index (χ4v) is 5.11. The van der Waals surface area contributed by atoms with Crippen molar-refractivity contribution in [3.8, 4) is 5.75 Å². The first-order valence-corrected chi connectivity index (χ1v) is 13.0. The molecular formula is C27H36N2O3S. The van der Waals surface area contributed by atoms with Gasteiger partial charge in [-0.2, -0.15) is 0 Å². The molecule has 5 nitrogen and oxygen atoms in total. The fraction of sp³-hybridized carbons (Fsp3) is 0.481. The third-order valence-electron chi connectivity index (χ3n) is 6.21. The van der Waals surface area contributed by atoms with Gasteiger partial charge in [-0.1, -0.05) is 61.7 Å². The van der Waals surface area contributed by atoms with Gasteiger partial charge in [0.25, 0.3) is 0 Å². The Balaban J connectivity index is 1.69. The van der Waals surface area contributed by atoms with Crippen molar-refractivity contribution in [2.75, 3.05) is 12.9 Å². The Kier molecular flexibility index (Phi) is 9.67. The average Bonchev–Trinajstić information content (AvgIpc) is 3.33. The van der Waals surface area contributed by atoms with Crippen molar-refractivity contribution in [2.45, 2.75) is 70.3 Å². The monoisotopic (exact) mass is 468 g/mol. The van der Waals surface area contributed by atoms with Crippen LogP contribution in [0.4, 0.5) is 0 Å². The molecule has 33 heavy (non-hydrogen) atoms. The highest BCUT2D eigenvalue weighted by atomic mass is 32.2. The molecule has 1 aliphatic rings. The third kappa shape index (κ3) is 7.53. The second-order valence-electron chi connectivity index (χ2n) is 8.76. The molecule has 0 aromatic heterocycles. The van der Waals surface area contributed by atoms with Crippen molar-refractivity contribution in [1.29, 1.82) is 0 Å². The van der Waals surface area contributed by atoms with Crippen LogP contribution in [-0.2, 0) is 21.9 Å². The summed E-state index contributed by atoms with van der Waals surface area (Å²) >= 11 is 1.59. The summed E-state index contributed by atoms with van der Waals surface area (Å²) in [5, 5.41) is 3.20. The predicted molar refractivity (Wildman–Crippen MR) is 135 cm³/mol. The minimum atomic E-state index is -0.472. The SMILES string of the molecule is CC[C@@H](C(=O)NC1CCCC1)N(Cc1ccc(OC)cc1)C(=O)CSCc1ccc(C)cc1. The number of aryl methyl sites for hydroxylation is 1. The number of benzene rings is 2. The van der Waals surface area contributed by atoms with Gasteiger partial charge in [0.15, 0.2) is 0 Å². The predicted octanol–water partition coefficient (Wildman–Crippen LogP) is 5.10. The summed E-state index contributed by atoms with van der Waals surface area (Å²) in [5.41, 5.74) is 3.41. The molecule has 2 amide bonds. The largest absolute Gasteiger partial charge is 0.497 e. The van der Waals surface area contributed by atoms with E-state index in [0.717, 1.165) is 42.7 Å². The molecule has 3 rings (SSSR count). The minimum absolute atomic E-state index is 0.00338. The van der Waals surface area contributed by atoms with E-state index in [2.05, 4.69) is 36.5 Å². The number of rotatable bonds is 11. The molecule has 1 saturated carbocycles. The number of hydrogen-bond donors (Lipinski definition) is 1. The van der Waals surface area contributed by atoms with Crippen LogP contribution in [0.25, 0.3) is 0 Å². The van der Waals surface area contributed by atoms with E-state index < -0.39 is 6.04 Å². The summed E-state index contributed by atoms with van der Waals surface area (Å²) in [6.45, 7) is 4.45. The van der Waals surface area contributed by atoms with Crippen LogP contribution in [-0.4, -0.2) is 41.7 Å². The Labute approximate surface area is 202 Å². The number of thioether (sulfide) groups is 1. The smallest absolute Gasteiger partial charge is 0.243 e. The second kappa shape index (κ2) is 12.7. The number of amides is 2. The van der Waals surface area contributed by atoms with Gasteiger partial charge in [-0.05, 0) is 49.4 Å². The number of nitrogens with zero attached hydrogens (tertiary/aromatic N) is 1. The van der Waals surface area contributed by atoms with Crippen LogP contribution >= 0.6 is 11.8 Å². The van der Waals surface area contributed by atoms with Gasteiger partial charge >= 0.3 is 0 Å². The molecule has 1 atom stereocenters. The standard InChI is InChI=1S/C27H36N2O3S/c1-4-25(27(31)28-23-7-5-6-8-23)29(17-21-13-15-24(32-3)16-14-21)26(30)19-33-18-22-11-9-20(2)10-12-22/h9-16,23,25H,4-8,17-19H2,1-3H3,(H,28,31)/t25-/m0/s1. The lowest BCUT2D eigenvalue weighted by Crippen LogP contribution is -2.51. The van der Waals surface area contributed by atoms with Crippen LogP contribution in [0.5, 0.6) is 5.75 Å². The van der Waals surface area contributed by atoms with E-state index >= 15 is 0 Å². The molecule has 0 saturated heterocycles. The lowest BCUT2D eigenvalue weighted by molar-refractivity contribution is -0.139. The number of nitrogens with one attached hydrogen (secondary N) is 1. The van der Waals surface area contributed by atoms with Crippen LogP contribution in [0.15, 0.2) is 48.5 Å². The third-order valence-corrected chi connectivity index (χ3v) is 7.20. The summed E-state index contributed by atoms with van der Waals surface area (Å²) in [6.07, 6.45) is 4.96. The molecule has 0 bridgehead atoms. The van der Waals surface area contributed by atoms with Gasteiger partial charge in [0, 0.05) is 18.3 Å². The lowest BCUT2D eigenvalue weighted by atomic mass is 10.1. The van der Waals surface area contributed by atoms with E-state index in [0.29, 0.717) is 18.7 Å². The molecule has 0 radical (unpaired) electrons. The minimum Gasteiger partial charge on any atom is -0.497 e. The van der Waals surface area contributed by atoms with Crippen molar-refractivity contribution in [1.82, 2.24) is 10.2 Å². The van der Waals surface area contributed by atoms with Crippen molar-refractivity contribution in [3.63, 3.8) is 0 Å². The van der Waals surface area contributed by atoms with Crippen LogP contribution < -0.4 is 10.1 Å². The molecule has 1 N–H and O–H groups in total. The second-order valence-corrected chi connectivity index (χ2v) is 9.75. The van der Waals surface area contributed by atoms with E-state index in [1.807, 2.05) is 31.2 Å². The summed E-state index contributed by atoms with van der Waals surface area (Å²) in [5.74, 6) is 1.85. The van der Waals surface area contributed by atoms with Crippen molar-refractivity contribution < 1.29 is 14.3 Å². The summed E-state index contributed by atoms with van der Waals surface area (Å²) in [6, 6.07) is 15.9. The Bertz CT molecular complexity index is 893. The molecule has 0 aliphatic heterocycles. The van der Waals surface area contributed by atoms with Gasteiger partial charge < -0.3 is 15.0 Å². The Hall–Kier alpha value is -2.47. The first-order valence-electron chi connectivity index (χ1n) is 11.9. The zero-order valence-electron chi connectivity index (χ0n) is 20.0. The lowest BCUT2D eigenvalue weighted by Gasteiger charge is -2.31. The zero-order valence-corrected chi connectivity index (χ0v) is 20.8. The van der Waals surface area contributed by atoms with E-state index in [1.54, 1.807) is 23.8 Å². The first-order chi connectivity index (χ1) is 16.0. The zero-order chi connectivity index (χ0) is 23.6. The van der Waals surface area contributed by atoms with E-state index in [9.17, 15) is 9.59 Å². The Morgan fingerprint density at radius 1 is 1.06 bits per heavy atom. The average molecular weight is 469 g/mol. The van der Waals surface area contributed by atoms with E-state index in [-0.39, 0.29) is 17.9 Å². The molecule has 178 valence electrons. The van der Waals surface area contributed by atoms with Crippen molar-refractivity contribution >= 4 is 23.6 Å². The Morgan fingerprint density at radius 2 is 1.70 bits per heavy atom. The molecule has 0 spiro atoms. The maximum Gasteiger partial charge on any atom is 0.243 e. The molecule has 1 fully saturated rings. The van der Waals surface area contributed by atoms with Gasteiger partial charge in [-0.25, -0.2) is 0 Å². The maximum atomic E-state index is 13.4. The molecule has 1 aliphatic carbocycles. The highest BCUT2D eigenvalue weighted by Crippen LogP contribution is 2.21. The number of methoxy groups -OCH3 is 1. The fourth-order valence-electron chi connectivity index (χ4n) is 4.24. The maximum absolute atomic E-state index is 13.4. The summed E-state index contributed by atoms with van der Waals surface area (Å²) in [7, 11) is 1.64. The van der Waals surface area contributed by atoms with Gasteiger partial charge in [0.1, 0.15) is 11.8 Å². The highest BCUT2D eigenvalue weighted by molar-refractivity contribution is 7.99. The summed E-state index contributed by atoms with van der Waals surface area (Å²) < 4.78 is 5.26. The van der Waals surface area contributed by atoms with Crippen molar-refractivity contribution in [3.05, 3.63) is 65.2 Å². The van der Waals surface area contributed by atoms with Crippen LogP contribution in [0.1, 0.15) is 55.7 Å². The van der Waals surface area contributed by atoms with Gasteiger partial charge in [-0.15, -0.1) is 11.8 Å². The Morgan fingerprint density at radius 3 is 2.30 bits per heavy atom. The number of carbonyl (C=O) groups is 2. The number of ether oxygens (including phenoxy) is 1. The molecule has 6 heteroatoms. The highest BCUT2D eigenvalue weighted by Gasteiger charge is 2.30. The molecule has 0 unspecified atom stereocenters. The van der Waals surface area contributed by atoms with Crippen LogP contribution in [0.3, 0.4) is 0 Å². The van der Waals surface area contributed by atoms with E-state index in [4.69, 9.17) is 4.74 Å². The molecule has 0 heterocycles. The van der Waals surface area contributed by atoms with Crippen molar-refractivity contribution in [2.24, 2.45) is 0 Å². The normalized spacial score (nSPS) is 14.6. The van der Waals surface area contributed by atoms with Gasteiger partial charge in [0.05, 0.1) is 12.9 Å². The number of hydrogen-bond acceptors (Lipinski definition) is 4. The summed E-state index contributed by atoms with van der Waals surface area (Å²) in [4.78, 5) is 28.3. The van der Waals surface area contributed by atoms with Gasteiger partial charge in [-0.3, -0.25) is 9.59 Å². The first kappa shape index (κ1) is 25.2.